The molecule has 1 aliphatic carbocycles. The Morgan fingerprint density at radius 1 is 1.09 bits per heavy atom. The van der Waals surface area contributed by atoms with Crippen LogP contribution >= 0.6 is 11.3 Å². The molecule has 3 aliphatic rings. The normalized spacial score (nSPS) is 26.0. The van der Waals surface area contributed by atoms with E-state index in [2.05, 4.69) is 27.0 Å². The zero-order valence-electron chi connectivity index (χ0n) is 14.4. The lowest BCUT2D eigenvalue weighted by Gasteiger charge is -2.48. The standard InChI is InChI=1S/C18H30N4S/c1-2-20-7-9-22(10-8-20)17-12-21(13-17)11-16-14-23-18(19-16)15-5-3-4-6-15/h14-15,17H,2-13H2,1H3. The van der Waals surface area contributed by atoms with Crippen LogP contribution < -0.4 is 0 Å². The first kappa shape index (κ1) is 16.0. The second kappa shape index (κ2) is 7.18. The summed E-state index contributed by atoms with van der Waals surface area (Å²) in [5.74, 6) is 0.771. The lowest BCUT2D eigenvalue weighted by molar-refractivity contribution is 0.00164. The molecule has 4 rings (SSSR count). The summed E-state index contributed by atoms with van der Waals surface area (Å²) in [6.07, 6.45) is 5.53. The average molecular weight is 335 g/mol. The monoisotopic (exact) mass is 334 g/mol. The summed E-state index contributed by atoms with van der Waals surface area (Å²) in [5, 5.41) is 3.71. The van der Waals surface area contributed by atoms with Crippen molar-refractivity contribution in [3.8, 4) is 0 Å². The number of aromatic nitrogens is 1. The van der Waals surface area contributed by atoms with Gasteiger partial charge in [0, 0.05) is 63.2 Å². The molecule has 128 valence electrons. The Bertz CT molecular complexity index is 497. The molecule has 1 aromatic heterocycles. The van der Waals surface area contributed by atoms with Crippen LogP contribution in [0.2, 0.25) is 0 Å². The quantitative estimate of drug-likeness (QED) is 0.825. The van der Waals surface area contributed by atoms with E-state index in [1.54, 1.807) is 0 Å². The topological polar surface area (TPSA) is 22.6 Å². The zero-order chi connectivity index (χ0) is 15.6. The first-order valence-corrected chi connectivity index (χ1v) is 10.3. The third-order valence-corrected chi connectivity index (χ3v) is 7.02. The van der Waals surface area contributed by atoms with E-state index in [0.717, 1.165) is 18.5 Å². The van der Waals surface area contributed by atoms with Crippen LogP contribution in [0.25, 0.3) is 0 Å². The van der Waals surface area contributed by atoms with Gasteiger partial charge in [0.05, 0.1) is 10.7 Å². The molecule has 5 heteroatoms. The van der Waals surface area contributed by atoms with E-state index in [1.807, 2.05) is 11.3 Å². The van der Waals surface area contributed by atoms with Crippen LogP contribution in [0.4, 0.5) is 0 Å². The van der Waals surface area contributed by atoms with Gasteiger partial charge in [-0.3, -0.25) is 9.80 Å². The molecule has 1 aromatic rings. The highest BCUT2D eigenvalue weighted by Gasteiger charge is 2.33. The number of thiazole rings is 1. The smallest absolute Gasteiger partial charge is 0.0959 e. The maximum Gasteiger partial charge on any atom is 0.0959 e. The first-order chi connectivity index (χ1) is 11.3. The molecule has 2 aliphatic heterocycles. The largest absolute Gasteiger partial charge is 0.301 e. The second-order valence-electron chi connectivity index (χ2n) is 7.48. The Kier molecular flexibility index (Phi) is 4.99. The van der Waals surface area contributed by atoms with Crippen LogP contribution in [-0.4, -0.2) is 71.5 Å². The third-order valence-electron chi connectivity index (χ3n) is 5.97. The van der Waals surface area contributed by atoms with Crippen molar-refractivity contribution in [1.82, 2.24) is 19.7 Å². The van der Waals surface area contributed by atoms with Crippen LogP contribution in [0.3, 0.4) is 0 Å². The summed E-state index contributed by atoms with van der Waals surface area (Å²) in [5.41, 5.74) is 1.31. The maximum absolute atomic E-state index is 4.93. The predicted molar refractivity (Wildman–Crippen MR) is 96.1 cm³/mol. The lowest BCUT2D eigenvalue weighted by Crippen LogP contribution is -2.62. The van der Waals surface area contributed by atoms with Crippen molar-refractivity contribution in [3.05, 3.63) is 16.1 Å². The van der Waals surface area contributed by atoms with E-state index in [1.165, 1.54) is 82.2 Å². The van der Waals surface area contributed by atoms with Crippen molar-refractivity contribution in [3.63, 3.8) is 0 Å². The number of hydrogen-bond donors (Lipinski definition) is 0. The van der Waals surface area contributed by atoms with E-state index in [9.17, 15) is 0 Å². The average Bonchev–Trinajstić information content (AvgIpc) is 3.22. The molecule has 3 heterocycles. The minimum atomic E-state index is 0.771. The Labute approximate surface area is 144 Å². The van der Waals surface area contributed by atoms with E-state index in [4.69, 9.17) is 4.98 Å². The molecule has 0 aromatic carbocycles. The SMILES string of the molecule is CCN1CCN(C2CN(Cc3csc(C4CCCC4)n3)C2)CC1. The highest BCUT2D eigenvalue weighted by atomic mass is 32.1. The van der Waals surface area contributed by atoms with Crippen molar-refractivity contribution < 1.29 is 0 Å². The summed E-state index contributed by atoms with van der Waals surface area (Å²) < 4.78 is 0. The number of piperazine rings is 1. The number of rotatable bonds is 5. The number of hydrogen-bond acceptors (Lipinski definition) is 5. The van der Waals surface area contributed by atoms with Crippen molar-refractivity contribution >= 4 is 11.3 Å². The van der Waals surface area contributed by atoms with Gasteiger partial charge in [-0.1, -0.05) is 19.8 Å². The van der Waals surface area contributed by atoms with Crippen molar-refractivity contribution in [2.24, 2.45) is 0 Å². The van der Waals surface area contributed by atoms with E-state index < -0.39 is 0 Å². The van der Waals surface area contributed by atoms with Crippen LogP contribution in [0, 0.1) is 0 Å². The fraction of sp³-hybridized carbons (Fsp3) is 0.833. The summed E-state index contributed by atoms with van der Waals surface area (Å²) >= 11 is 1.90. The predicted octanol–water partition coefficient (Wildman–Crippen LogP) is 2.62. The highest BCUT2D eigenvalue weighted by Crippen LogP contribution is 2.35. The van der Waals surface area contributed by atoms with Crippen LogP contribution in [0.1, 0.15) is 49.2 Å². The summed E-state index contributed by atoms with van der Waals surface area (Å²) in [7, 11) is 0. The molecule has 0 radical (unpaired) electrons. The van der Waals surface area contributed by atoms with Gasteiger partial charge in [0.2, 0.25) is 0 Å². The van der Waals surface area contributed by atoms with Gasteiger partial charge in [0.25, 0.3) is 0 Å². The Balaban J connectivity index is 1.22. The fourth-order valence-corrected chi connectivity index (χ4v) is 5.31. The Morgan fingerprint density at radius 3 is 2.52 bits per heavy atom. The molecular formula is C18H30N4S. The molecule has 0 N–H and O–H groups in total. The van der Waals surface area contributed by atoms with Gasteiger partial charge < -0.3 is 4.90 Å². The van der Waals surface area contributed by atoms with Gasteiger partial charge in [-0.15, -0.1) is 11.3 Å². The Hall–Kier alpha value is -0.490. The van der Waals surface area contributed by atoms with Gasteiger partial charge in [-0.25, -0.2) is 4.98 Å². The van der Waals surface area contributed by atoms with Crippen LogP contribution in [0.15, 0.2) is 5.38 Å². The van der Waals surface area contributed by atoms with Crippen LogP contribution in [-0.2, 0) is 6.54 Å². The molecule has 0 amide bonds. The molecule has 23 heavy (non-hydrogen) atoms. The fourth-order valence-electron chi connectivity index (χ4n) is 4.33. The van der Waals surface area contributed by atoms with Gasteiger partial charge in [-0.05, 0) is 19.4 Å². The molecule has 0 unspecified atom stereocenters. The minimum Gasteiger partial charge on any atom is -0.301 e. The molecule has 0 atom stereocenters. The summed E-state index contributed by atoms with van der Waals surface area (Å²) in [6.45, 7) is 12.0. The highest BCUT2D eigenvalue weighted by molar-refractivity contribution is 7.09. The Morgan fingerprint density at radius 2 is 1.83 bits per heavy atom. The molecule has 2 saturated heterocycles. The second-order valence-corrected chi connectivity index (χ2v) is 8.37. The van der Waals surface area contributed by atoms with Gasteiger partial charge in [0.1, 0.15) is 0 Å². The minimum absolute atomic E-state index is 0.771. The van der Waals surface area contributed by atoms with Crippen molar-refractivity contribution in [1.29, 1.82) is 0 Å². The lowest BCUT2D eigenvalue weighted by atomic mass is 10.1. The van der Waals surface area contributed by atoms with Crippen molar-refractivity contribution in [2.45, 2.75) is 51.1 Å². The third kappa shape index (κ3) is 3.63. The molecule has 0 bridgehead atoms. The van der Waals surface area contributed by atoms with E-state index in [0.29, 0.717) is 0 Å². The van der Waals surface area contributed by atoms with Gasteiger partial charge in [0.15, 0.2) is 0 Å². The number of likely N-dealkylation sites (N-methyl/N-ethyl adjacent to an activating group) is 1. The molecule has 4 nitrogen and oxygen atoms in total. The van der Waals surface area contributed by atoms with Gasteiger partial charge >= 0.3 is 0 Å². The van der Waals surface area contributed by atoms with Crippen LogP contribution in [0.5, 0.6) is 0 Å². The molecule has 3 fully saturated rings. The summed E-state index contributed by atoms with van der Waals surface area (Å²) in [4.78, 5) is 12.8. The molecule has 0 spiro atoms. The number of likely N-dealkylation sites (tertiary alicyclic amines) is 1. The molecule has 1 saturated carbocycles. The molecular weight excluding hydrogens is 304 g/mol. The summed E-state index contributed by atoms with van der Waals surface area (Å²) in [6, 6.07) is 0.793. The maximum atomic E-state index is 4.93. The van der Waals surface area contributed by atoms with Gasteiger partial charge in [-0.2, -0.15) is 0 Å². The van der Waals surface area contributed by atoms with E-state index >= 15 is 0 Å². The van der Waals surface area contributed by atoms with E-state index in [-0.39, 0.29) is 0 Å². The number of nitrogens with zero attached hydrogens (tertiary/aromatic N) is 4. The van der Waals surface area contributed by atoms with Crippen molar-refractivity contribution in [2.75, 3.05) is 45.8 Å². The first-order valence-electron chi connectivity index (χ1n) is 9.45. The zero-order valence-corrected chi connectivity index (χ0v) is 15.2.